The van der Waals surface area contributed by atoms with Crippen LogP contribution in [0.2, 0.25) is 18.1 Å². The number of aliphatic hydroxyl groups is 1. The van der Waals surface area contributed by atoms with Crippen molar-refractivity contribution in [1.82, 2.24) is 0 Å². The zero-order valence-corrected chi connectivity index (χ0v) is 12.0. The van der Waals surface area contributed by atoms with E-state index in [0.29, 0.717) is 11.6 Å². The fraction of sp³-hybridized carbons (Fsp3) is 0.846. The van der Waals surface area contributed by atoms with Gasteiger partial charge in [-0.05, 0) is 17.9 Å². The highest BCUT2D eigenvalue weighted by atomic mass is 28.3. The van der Waals surface area contributed by atoms with Gasteiger partial charge >= 0.3 is 0 Å². The van der Waals surface area contributed by atoms with Crippen LogP contribution in [0, 0.1) is 11.5 Å². The van der Waals surface area contributed by atoms with Crippen LogP contribution in [-0.4, -0.2) is 19.8 Å². The third-order valence-electron chi connectivity index (χ3n) is 3.24. The molecule has 88 valence electrons. The molecule has 0 aromatic carbocycles. The van der Waals surface area contributed by atoms with Gasteiger partial charge in [-0.15, -0.1) is 11.5 Å². The maximum absolute atomic E-state index is 8.63. The van der Waals surface area contributed by atoms with E-state index >= 15 is 0 Å². The lowest BCUT2D eigenvalue weighted by molar-refractivity contribution is 0.283. The molecule has 1 nitrogen and oxygen atoms in total. The second-order valence-corrected chi connectivity index (χ2v) is 10.7. The minimum absolute atomic E-state index is 0.315. The lowest BCUT2D eigenvalue weighted by Crippen LogP contribution is -2.35. The quantitative estimate of drug-likeness (QED) is 0.441. The smallest absolute Gasteiger partial charge is 0.137 e. The Balaban J connectivity index is 3.95. The number of hydrogen-bond donors (Lipinski definition) is 1. The molecule has 0 bridgehead atoms. The van der Waals surface area contributed by atoms with Crippen molar-refractivity contribution < 1.29 is 5.11 Å². The molecular weight excluding hydrogens is 200 g/mol. The van der Waals surface area contributed by atoms with Gasteiger partial charge in [-0.3, -0.25) is 0 Å². The van der Waals surface area contributed by atoms with E-state index in [1.807, 2.05) is 0 Å². The SMILES string of the molecule is CC(C)(C)[Si](C)(C)C#CCCCCCO. The van der Waals surface area contributed by atoms with Gasteiger partial charge < -0.3 is 5.11 Å². The molecule has 0 radical (unpaired) electrons. The highest BCUT2D eigenvalue weighted by molar-refractivity contribution is 6.87. The van der Waals surface area contributed by atoms with Gasteiger partial charge in [-0.1, -0.05) is 40.3 Å². The summed E-state index contributed by atoms with van der Waals surface area (Å²) in [4.78, 5) is 0. The molecule has 0 spiro atoms. The maximum atomic E-state index is 8.63. The average Bonchev–Trinajstić information content (AvgIpc) is 2.09. The molecule has 0 rings (SSSR count). The standard InChI is InChI=1S/C13H26OSi/c1-13(2,3)15(4,5)12-10-8-6-7-9-11-14/h14H,6-9,11H2,1-5H3. The summed E-state index contributed by atoms with van der Waals surface area (Å²) in [6.45, 7) is 11.9. The number of rotatable bonds is 4. The average molecular weight is 226 g/mol. The molecule has 0 amide bonds. The molecule has 15 heavy (non-hydrogen) atoms. The van der Waals surface area contributed by atoms with Gasteiger partial charge in [-0.2, -0.15) is 0 Å². The summed E-state index contributed by atoms with van der Waals surface area (Å²) in [6.07, 6.45) is 4.14. The lowest BCUT2D eigenvalue weighted by atomic mass is 10.2. The largest absolute Gasteiger partial charge is 0.396 e. The molecule has 0 aromatic rings. The Morgan fingerprint density at radius 3 is 2.13 bits per heavy atom. The predicted molar refractivity (Wildman–Crippen MR) is 70.5 cm³/mol. The summed E-state index contributed by atoms with van der Waals surface area (Å²) >= 11 is 0. The molecule has 1 N–H and O–H groups in total. The first-order valence-electron chi connectivity index (χ1n) is 5.92. The fourth-order valence-corrected chi connectivity index (χ4v) is 1.91. The van der Waals surface area contributed by atoms with E-state index in [1.54, 1.807) is 0 Å². The first kappa shape index (κ1) is 14.7. The third-order valence-corrected chi connectivity index (χ3v) is 7.79. The number of aliphatic hydroxyl groups excluding tert-OH is 1. The second kappa shape index (κ2) is 6.35. The Morgan fingerprint density at radius 2 is 1.67 bits per heavy atom. The van der Waals surface area contributed by atoms with Gasteiger partial charge in [0.05, 0.1) is 0 Å². The van der Waals surface area contributed by atoms with Crippen molar-refractivity contribution in [2.75, 3.05) is 6.61 Å². The van der Waals surface area contributed by atoms with Crippen LogP contribution in [0.25, 0.3) is 0 Å². The maximum Gasteiger partial charge on any atom is 0.137 e. The summed E-state index contributed by atoms with van der Waals surface area (Å²) in [5.41, 5.74) is 3.50. The topological polar surface area (TPSA) is 20.2 Å². The van der Waals surface area contributed by atoms with Crippen LogP contribution in [0.15, 0.2) is 0 Å². The first-order chi connectivity index (χ1) is 6.81. The van der Waals surface area contributed by atoms with E-state index in [1.165, 1.54) is 0 Å². The van der Waals surface area contributed by atoms with Gasteiger partial charge in [0.25, 0.3) is 0 Å². The third kappa shape index (κ3) is 6.02. The molecule has 0 aliphatic carbocycles. The van der Waals surface area contributed by atoms with Crippen molar-refractivity contribution >= 4 is 8.07 Å². The van der Waals surface area contributed by atoms with E-state index in [2.05, 4.69) is 45.3 Å². The molecular formula is C13H26OSi. The van der Waals surface area contributed by atoms with E-state index in [0.717, 1.165) is 25.7 Å². The summed E-state index contributed by atoms with van der Waals surface area (Å²) < 4.78 is 0. The Hall–Kier alpha value is -0.263. The van der Waals surface area contributed by atoms with Crippen LogP contribution < -0.4 is 0 Å². The molecule has 0 saturated heterocycles. The monoisotopic (exact) mass is 226 g/mol. The van der Waals surface area contributed by atoms with E-state index in [4.69, 9.17) is 5.11 Å². The normalized spacial score (nSPS) is 12.1. The highest BCUT2D eigenvalue weighted by Crippen LogP contribution is 2.35. The summed E-state index contributed by atoms with van der Waals surface area (Å²) in [6, 6.07) is 0. The van der Waals surface area contributed by atoms with E-state index in [9.17, 15) is 0 Å². The van der Waals surface area contributed by atoms with Crippen molar-refractivity contribution in [1.29, 1.82) is 0 Å². The second-order valence-electron chi connectivity index (χ2n) is 5.71. The summed E-state index contributed by atoms with van der Waals surface area (Å²) in [5.74, 6) is 3.32. The van der Waals surface area contributed by atoms with Crippen molar-refractivity contribution in [3.8, 4) is 11.5 Å². The summed E-state index contributed by atoms with van der Waals surface area (Å²) in [7, 11) is -1.38. The predicted octanol–water partition coefficient (Wildman–Crippen LogP) is 3.59. The van der Waals surface area contributed by atoms with Crippen molar-refractivity contribution in [2.45, 2.75) is 64.6 Å². The van der Waals surface area contributed by atoms with Crippen LogP contribution >= 0.6 is 0 Å². The molecule has 0 atom stereocenters. The Labute approximate surface area is 96.3 Å². The minimum atomic E-state index is -1.38. The van der Waals surface area contributed by atoms with Gasteiger partial charge in [0.2, 0.25) is 0 Å². The molecule has 0 aromatic heterocycles. The molecule has 0 aliphatic rings. The van der Waals surface area contributed by atoms with Crippen molar-refractivity contribution in [3.05, 3.63) is 0 Å². The Bertz CT molecular complexity index is 227. The highest BCUT2D eigenvalue weighted by Gasteiger charge is 2.33. The Morgan fingerprint density at radius 1 is 1.07 bits per heavy atom. The van der Waals surface area contributed by atoms with Gasteiger partial charge in [0.1, 0.15) is 8.07 Å². The molecule has 0 heterocycles. The van der Waals surface area contributed by atoms with Crippen LogP contribution in [0.5, 0.6) is 0 Å². The van der Waals surface area contributed by atoms with Gasteiger partial charge in [-0.25, -0.2) is 0 Å². The zero-order chi connectivity index (χ0) is 11.9. The molecule has 0 aliphatic heterocycles. The van der Waals surface area contributed by atoms with Crippen LogP contribution in [0.4, 0.5) is 0 Å². The number of hydrogen-bond acceptors (Lipinski definition) is 1. The number of unbranched alkanes of at least 4 members (excludes halogenated alkanes) is 3. The van der Waals surface area contributed by atoms with E-state index in [-0.39, 0.29) is 0 Å². The van der Waals surface area contributed by atoms with Gasteiger partial charge in [0, 0.05) is 13.0 Å². The van der Waals surface area contributed by atoms with E-state index < -0.39 is 8.07 Å². The van der Waals surface area contributed by atoms with Crippen molar-refractivity contribution in [2.24, 2.45) is 0 Å². The molecule has 0 unspecified atom stereocenters. The van der Waals surface area contributed by atoms with Crippen molar-refractivity contribution in [3.63, 3.8) is 0 Å². The fourth-order valence-electron chi connectivity index (χ4n) is 0.973. The molecule has 2 heteroatoms. The van der Waals surface area contributed by atoms with Crippen LogP contribution in [-0.2, 0) is 0 Å². The van der Waals surface area contributed by atoms with Crippen LogP contribution in [0.1, 0.15) is 46.5 Å². The zero-order valence-electron chi connectivity index (χ0n) is 11.0. The molecule has 0 saturated carbocycles. The minimum Gasteiger partial charge on any atom is -0.396 e. The van der Waals surface area contributed by atoms with Gasteiger partial charge in [0.15, 0.2) is 0 Å². The Kier molecular flexibility index (Phi) is 6.24. The first-order valence-corrected chi connectivity index (χ1v) is 8.92. The van der Waals surface area contributed by atoms with Crippen LogP contribution in [0.3, 0.4) is 0 Å². The molecule has 0 fully saturated rings. The summed E-state index contributed by atoms with van der Waals surface area (Å²) in [5, 5.41) is 9.00. The lowest BCUT2D eigenvalue weighted by Gasteiger charge is -2.31.